The summed E-state index contributed by atoms with van der Waals surface area (Å²) in [5.41, 5.74) is 7.04. The van der Waals surface area contributed by atoms with Gasteiger partial charge in [-0.3, -0.25) is 0 Å². The Labute approximate surface area is 149 Å². The molecule has 0 heterocycles. The number of aromatic carboxylic acids is 1. The Hall–Kier alpha value is -3.18. The van der Waals surface area contributed by atoms with Crippen LogP contribution in [0.25, 0.3) is 0 Å². The monoisotopic (exact) mass is 354 g/mol. The molecule has 0 saturated carbocycles. The molecule has 3 rings (SSSR count). The molecule has 0 unspecified atom stereocenters. The summed E-state index contributed by atoms with van der Waals surface area (Å²) >= 11 is 6.08. The van der Waals surface area contributed by atoms with Gasteiger partial charge in [-0.1, -0.05) is 29.8 Å². The molecule has 3 aromatic carbocycles. The van der Waals surface area contributed by atoms with E-state index in [2.05, 4.69) is 5.32 Å². The summed E-state index contributed by atoms with van der Waals surface area (Å²) in [6.45, 7) is 0. The van der Waals surface area contributed by atoms with E-state index in [-0.39, 0.29) is 5.56 Å². The maximum atomic E-state index is 11.5. The summed E-state index contributed by atoms with van der Waals surface area (Å²) in [5, 5.41) is 12.9. The average molecular weight is 355 g/mol. The zero-order valence-corrected chi connectivity index (χ0v) is 13.8. The van der Waals surface area contributed by atoms with Crippen LogP contribution in [0.15, 0.2) is 66.7 Å². The molecule has 0 aliphatic rings. The van der Waals surface area contributed by atoms with E-state index in [0.717, 1.165) is 0 Å². The van der Waals surface area contributed by atoms with Crippen molar-refractivity contribution in [1.82, 2.24) is 0 Å². The second-order valence-corrected chi connectivity index (χ2v) is 5.73. The van der Waals surface area contributed by atoms with Gasteiger partial charge in [0.25, 0.3) is 0 Å². The Morgan fingerprint density at radius 1 is 1.00 bits per heavy atom. The van der Waals surface area contributed by atoms with E-state index >= 15 is 0 Å². The number of para-hydroxylation sites is 1. The number of hydrogen-bond acceptors (Lipinski definition) is 4. The molecule has 3 aromatic rings. The molecule has 0 aromatic heterocycles. The minimum atomic E-state index is -1.08. The highest BCUT2D eigenvalue weighted by molar-refractivity contribution is 6.31. The first-order valence-electron chi connectivity index (χ1n) is 7.45. The van der Waals surface area contributed by atoms with Crippen molar-refractivity contribution in [2.45, 2.75) is 0 Å². The molecule has 0 radical (unpaired) electrons. The molecule has 4 N–H and O–H groups in total. The topological polar surface area (TPSA) is 84.6 Å². The third-order valence-corrected chi connectivity index (χ3v) is 3.69. The lowest BCUT2D eigenvalue weighted by Crippen LogP contribution is -2.04. The molecule has 6 heteroatoms. The van der Waals surface area contributed by atoms with Crippen LogP contribution in [0.3, 0.4) is 0 Å². The van der Waals surface area contributed by atoms with E-state index in [1.807, 2.05) is 30.3 Å². The van der Waals surface area contributed by atoms with Crippen molar-refractivity contribution < 1.29 is 14.6 Å². The molecule has 0 fully saturated rings. The van der Waals surface area contributed by atoms with Crippen molar-refractivity contribution in [1.29, 1.82) is 0 Å². The van der Waals surface area contributed by atoms with Crippen LogP contribution in [-0.4, -0.2) is 11.1 Å². The molecular formula is C19H15ClN2O3. The predicted molar refractivity (Wildman–Crippen MR) is 99.1 cm³/mol. The fraction of sp³-hybridized carbons (Fsp3) is 0. The highest BCUT2D eigenvalue weighted by atomic mass is 35.5. The number of nitrogen functional groups attached to an aromatic ring is 1. The van der Waals surface area contributed by atoms with Crippen molar-refractivity contribution in [3.8, 4) is 11.5 Å². The van der Waals surface area contributed by atoms with Gasteiger partial charge >= 0.3 is 5.97 Å². The third kappa shape index (κ3) is 4.02. The van der Waals surface area contributed by atoms with Gasteiger partial charge in [-0.05, 0) is 48.5 Å². The van der Waals surface area contributed by atoms with Crippen LogP contribution in [0.4, 0.5) is 17.1 Å². The lowest BCUT2D eigenvalue weighted by Gasteiger charge is -2.15. The van der Waals surface area contributed by atoms with Gasteiger partial charge in [0.05, 0.1) is 16.9 Å². The Kier molecular flexibility index (Phi) is 4.77. The minimum absolute atomic E-state index is 0.0608. The average Bonchev–Trinajstić information content (AvgIpc) is 2.59. The molecule has 0 aliphatic heterocycles. The van der Waals surface area contributed by atoms with Crippen LogP contribution in [0.1, 0.15) is 10.4 Å². The summed E-state index contributed by atoms with van der Waals surface area (Å²) in [4.78, 5) is 11.5. The number of ether oxygens (including phenoxy) is 1. The van der Waals surface area contributed by atoms with E-state index in [4.69, 9.17) is 22.1 Å². The summed E-state index contributed by atoms with van der Waals surface area (Å²) in [7, 11) is 0. The first-order chi connectivity index (χ1) is 12.0. The van der Waals surface area contributed by atoms with Crippen molar-refractivity contribution in [3.05, 3.63) is 77.3 Å². The lowest BCUT2D eigenvalue weighted by atomic mass is 10.1. The maximum Gasteiger partial charge on any atom is 0.337 e. The van der Waals surface area contributed by atoms with Crippen LogP contribution in [0, 0.1) is 0 Å². The Morgan fingerprint density at radius 2 is 1.76 bits per heavy atom. The largest absolute Gasteiger partial charge is 0.478 e. The Balaban J connectivity index is 1.98. The van der Waals surface area contributed by atoms with E-state index in [9.17, 15) is 9.90 Å². The first kappa shape index (κ1) is 16.7. The van der Waals surface area contributed by atoms with E-state index in [0.29, 0.717) is 33.6 Å². The third-order valence-electron chi connectivity index (χ3n) is 3.46. The quantitative estimate of drug-likeness (QED) is 0.551. The number of rotatable bonds is 5. The molecule has 126 valence electrons. The molecule has 0 aliphatic carbocycles. The van der Waals surface area contributed by atoms with Crippen LogP contribution >= 0.6 is 11.6 Å². The SMILES string of the molecule is Nc1ccc(Nc2cc(Cl)ccc2Oc2ccccc2)c(C(=O)O)c1. The Morgan fingerprint density at radius 3 is 2.48 bits per heavy atom. The number of nitrogens with two attached hydrogens (primary N) is 1. The molecular weight excluding hydrogens is 340 g/mol. The molecule has 0 spiro atoms. The number of carbonyl (C=O) groups is 1. The first-order valence-corrected chi connectivity index (χ1v) is 7.83. The van der Waals surface area contributed by atoms with Gasteiger partial charge < -0.3 is 20.9 Å². The van der Waals surface area contributed by atoms with E-state index in [1.54, 1.807) is 30.3 Å². The van der Waals surface area contributed by atoms with Gasteiger partial charge in [-0.2, -0.15) is 0 Å². The molecule has 0 saturated heterocycles. The normalized spacial score (nSPS) is 10.3. The zero-order valence-electron chi connectivity index (χ0n) is 13.1. The number of anilines is 3. The number of nitrogens with one attached hydrogen (secondary N) is 1. The number of carboxylic acid groups (broad SMARTS) is 1. The van der Waals surface area contributed by atoms with Crippen molar-refractivity contribution >= 4 is 34.6 Å². The van der Waals surface area contributed by atoms with Gasteiger partial charge in [0, 0.05) is 10.7 Å². The minimum Gasteiger partial charge on any atom is -0.478 e. The van der Waals surface area contributed by atoms with Gasteiger partial charge in [0.2, 0.25) is 0 Å². The summed E-state index contributed by atoms with van der Waals surface area (Å²) in [6.07, 6.45) is 0. The summed E-state index contributed by atoms with van der Waals surface area (Å²) in [5.74, 6) is 0.0924. The second kappa shape index (κ2) is 7.15. The van der Waals surface area contributed by atoms with Crippen molar-refractivity contribution in [2.24, 2.45) is 0 Å². The highest BCUT2D eigenvalue weighted by Crippen LogP contribution is 2.35. The fourth-order valence-corrected chi connectivity index (χ4v) is 2.47. The lowest BCUT2D eigenvalue weighted by molar-refractivity contribution is 0.0698. The highest BCUT2D eigenvalue weighted by Gasteiger charge is 2.13. The molecule has 25 heavy (non-hydrogen) atoms. The summed E-state index contributed by atoms with van der Waals surface area (Å²) < 4.78 is 5.87. The van der Waals surface area contributed by atoms with Crippen LogP contribution in [-0.2, 0) is 0 Å². The summed E-state index contributed by atoms with van der Waals surface area (Å²) in [6, 6.07) is 19.0. The van der Waals surface area contributed by atoms with Gasteiger partial charge in [0.15, 0.2) is 5.75 Å². The van der Waals surface area contributed by atoms with Crippen LogP contribution < -0.4 is 15.8 Å². The molecule has 0 bridgehead atoms. The number of benzene rings is 3. The fourth-order valence-electron chi connectivity index (χ4n) is 2.30. The number of hydrogen-bond donors (Lipinski definition) is 3. The second-order valence-electron chi connectivity index (χ2n) is 5.29. The predicted octanol–water partition coefficient (Wildman–Crippen LogP) is 5.16. The van der Waals surface area contributed by atoms with Crippen LogP contribution in [0.2, 0.25) is 5.02 Å². The molecule has 5 nitrogen and oxygen atoms in total. The maximum absolute atomic E-state index is 11.5. The van der Waals surface area contributed by atoms with E-state index < -0.39 is 5.97 Å². The van der Waals surface area contributed by atoms with Gasteiger partial charge in [0.1, 0.15) is 5.75 Å². The molecule has 0 atom stereocenters. The van der Waals surface area contributed by atoms with E-state index in [1.165, 1.54) is 6.07 Å². The smallest absolute Gasteiger partial charge is 0.337 e. The van der Waals surface area contributed by atoms with Gasteiger partial charge in [-0.15, -0.1) is 0 Å². The van der Waals surface area contributed by atoms with Crippen molar-refractivity contribution in [2.75, 3.05) is 11.1 Å². The molecule has 0 amide bonds. The number of carboxylic acids is 1. The van der Waals surface area contributed by atoms with Crippen LogP contribution in [0.5, 0.6) is 11.5 Å². The number of halogens is 1. The van der Waals surface area contributed by atoms with Crippen molar-refractivity contribution in [3.63, 3.8) is 0 Å². The Bertz CT molecular complexity index is 914. The van der Waals surface area contributed by atoms with Gasteiger partial charge in [-0.25, -0.2) is 4.79 Å². The standard InChI is InChI=1S/C19H15ClN2O3/c20-12-6-9-18(25-14-4-2-1-3-5-14)17(10-12)22-16-8-7-13(21)11-15(16)19(23)24/h1-11,22H,21H2,(H,23,24). The zero-order chi connectivity index (χ0) is 17.8.